The Labute approximate surface area is 101 Å². The van der Waals surface area contributed by atoms with Gasteiger partial charge in [-0.05, 0) is 25.1 Å². The molecule has 3 aliphatic rings. The van der Waals surface area contributed by atoms with Crippen LogP contribution in [0.5, 0.6) is 0 Å². The lowest BCUT2D eigenvalue weighted by molar-refractivity contribution is -0.0668. The molecule has 0 aliphatic carbocycles. The molecule has 0 amide bonds. The quantitative estimate of drug-likeness (QED) is 0.729. The highest BCUT2D eigenvalue weighted by atomic mass is 35.5. The Morgan fingerprint density at radius 3 is 2.75 bits per heavy atom. The van der Waals surface area contributed by atoms with Gasteiger partial charge < -0.3 is 4.90 Å². The van der Waals surface area contributed by atoms with Crippen molar-refractivity contribution in [1.29, 1.82) is 0 Å². The fraction of sp³-hybridized carbons (Fsp3) is 0.583. The number of nitrogens with zero attached hydrogens (tertiary/aromatic N) is 3. The molecule has 4 heterocycles. The van der Waals surface area contributed by atoms with Gasteiger partial charge in [-0.2, -0.15) is 0 Å². The molecule has 3 fully saturated rings. The third-order valence-electron chi connectivity index (χ3n) is 3.68. The van der Waals surface area contributed by atoms with Gasteiger partial charge in [0.25, 0.3) is 0 Å². The van der Waals surface area contributed by atoms with Crippen LogP contribution < -0.4 is 0 Å². The Hall–Kier alpha value is -0.640. The van der Waals surface area contributed by atoms with Crippen LogP contribution in [0.25, 0.3) is 0 Å². The molecule has 2 atom stereocenters. The van der Waals surface area contributed by atoms with Gasteiger partial charge in [-0.25, -0.2) is 4.98 Å². The van der Waals surface area contributed by atoms with Crippen LogP contribution in [0, 0.1) is 0 Å². The maximum atomic E-state index is 5.78. The first kappa shape index (κ1) is 10.5. The molecule has 16 heavy (non-hydrogen) atoms. The summed E-state index contributed by atoms with van der Waals surface area (Å²) < 4.78 is 0. The van der Waals surface area contributed by atoms with Crippen molar-refractivity contribution in [3.63, 3.8) is 0 Å². The molecule has 0 N–H and O–H groups in total. The Morgan fingerprint density at radius 1 is 1.38 bits per heavy atom. The number of rotatable bonds is 2. The van der Waals surface area contributed by atoms with Crippen molar-refractivity contribution < 1.29 is 0 Å². The van der Waals surface area contributed by atoms with Crippen molar-refractivity contribution in [2.45, 2.75) is 25.0 Å². The zero-order valence-electron chi connectivity index (χ0n) is 9.43. The molecule has 2 bridgehead atoms. The zero-order chi connectivity index (χ0) is 11.1. The third-order valence-corrected chi connectivity index (χ3v) is 3.90. The molecule has 4 heteroatoms. The van der Waals surface area contributed by atoms with Crippen molar-refractivity contribution in [2.75, 3.05) is 20.1 Å². The van der Waals surface area contributed by atoms with Gasteiger partial charge in [0, 0.05) is 37.9 Å². The van der Waals surface area contributed by atoms with Gasteiger partial charge in [0.1, 0.15) is 5.15 Å². The van der Waals surface area contributed by atoms with Crippen LogP contribution in [0.15, 0.2) is 18.3 Å². The van der Waals surface area contributed by atoms with Gasteiger partial charge in [-0.1, -0.05) is 17.7 Å². The molecule has 0 radical (unpaired) electrons. The monoisotopic (exact) mass is 237 g/mol. The van der Waals surface area contributed by atoms with E-state index in [0.717, 1.165) is 18.6 Å². The molecule has 3 saturated heterocycles. The van der Waals surface area contributed by atoms with Crippen LogP contribution in [0.1, 0.15) is 12.0 Å². The molecule has 4 rings (SSSR count). The van der Waals surface area contributed by atoms with Crippen molar-refractivity contribution in [2.24, 2.45) is 0 Å². The molecule has 1 aromatic rings. The molecule has 1 aromatic heterocycles. The van der Waals surface area contributed by atoms with Gasteiger partial charge in [-0.15, -0.1) is 0 Å². The number of halogens is 1. The first-order valence-corrected chi connectivity index (χ1v) is 6.15. The van der Waals surface area contributed by atoms with Crippen LogP contribution >= 0.6 is 11.6 Å². The predicted molar refractivity (Wildman–Crippen MR) is 64.5 cm³/mol. The van der Waals surface area contributed by atoms with E-state index < -0.39 is 0 Å². The van der Waals surface area contributed by atoms with Gasteiger partial charge in [0.2, 0.25) is 0 Å². The van der Waals surface area contributed by atoms with E-state index in [-0.39, 0.29) is 0 Å². The fourth-order valence-electron chi connectivity index (χ4n) is 2.87. The Balaban J connectivity index is 1.66. The highest BCUT2D eigenvalue weighted by molar-refractivity contribution is 6.29. The lowest BCUT2D eigenvalue weighted by Crippen LogP contribution is -2.67. The molecule has 0 spiro atoms. The lowest BCUT2D eigenvalue weighted by Gasteiger charge is -2.55. The Morgan fingerprint density at radius 2 is 2.12 bits per heavy atom. The summed E-state index contributed by atoms with van der Waals surface area (Å²) in [5.41, 5.74) is 1.27. The molecule has 3 aliphatic heterocycles. The summed E-state index contributed by atoms with van der Waals surface area (Å²) >= 11 is 5.78. The van der Waals surface area contributed by atoms with Crippen LogP contribution in [0.3, 0.4) is 0 Å². The van der Waals surface area contributed by atoms with Crippen LogP contribution in [0.4, 0.5) is 0 Å². The molecule has 86 valence electrons. The van der Waals surface area contributed by atoms with Gasteiger partial charge in [-0.3, -0.25) is 4.90 Å². The molecule has 3 nitrogen and oxygen atoms in total. The number of hydrogen-bond acceptors (Lipinski definition) is 3. The zero-order valence-corrected chi connectivity index (χ0v) is 10.2. The summed E-state index contributed by atoms with van der Waals surface area (Å²) in [6.45, 7) is 3.43. The lowest BCUT2D eigenvalue weighted by atomic mass is 9.87. The first-order valence-electron chi connectivity index (χ1n) is 5.77. The average Bonchev–Trinajstić information content (AvgIpc) is 2.28. The first-order chi connectivity index (χ1) is 7.72. The van der Waals surface area contributed by atoms with Crippen molar-refractivity contribution in [3.05, 3.63) is 29.0 Å². The van der Waals surface area contributed by atoms with E-state index >= 15 is 0 Å². The second-order valence-corrected chi connectivity index (χ2v) is 5.31. The standard InChI is InChI=1S/C12H16ClN3/c1-15-7-10-4-11(8-15)16(10)6-9-2-3-12(13)14-5-9/h2-3,5,10-11H,4,6-8H2,1H3. The van der Waals surface area contributed by atoms with Crippen LogP contribution in [-0.4, -0.2) is 47.0 Å². The van der Waals surface area contributed by atoms with Crippen LogP contribution in [0.2, 0.25) is 5.15 Å². The summed E-state index contributed by atoms with van der Waals surface area (Å²) in [5, 5.41) is 0.576. The summed E-state index contributed by atoms with van der Waals surface area (Å²) in [6, 6.07) is 5.45. The van der Waals surface area contributed by atoms with Crippen LogP contribution in [-0.2, 0) is 6.54 Å². The topological polar surface area (TPSA) is 19.4 Å². The molecule has 2 unspecified atom stereocenters. The Kier molecular flexibility index (Phi) is 2.62. The highest BCUT2D eigenvalue weighted by Gasteiger charge is 2.42. The van der Waals surface area contributed by atoms with Gasteiger partial charge in [0.15, 0.2) is 0 Å². The average molecular weight is 238 g/mol. The van der Waals surface area contributed by atoms with E-state index in [1.54, 1.807) is 0 Å². The summed E-state index contributed by atoms with van der Waals surface area (Å²) in [7, 11) is 2.21. The molecule has 0 aromatic carbocycles. The minimum atomic E-state index is 0.576. The molecule has 0 saturated carbocycles. The molecular formula is C12H16ClN3. The number of aromatic nitrogens is 1. The second kappa shape index (κ2) is 3.99. The van der Waals surface area contributed by atoms with E-state index in [0.29, 0.717) is 5.15 Å². The highest BCUT2D eigenvalue weighted by Crippen LogP contribution is 2.32. The number of fused-ring (bicyclic) bond motifs is 2. The van der Waals surface area contributed by atoms with Crippen molar-refractivity contribution in [1.82, 2.24) is 14.8 Å². The smallest absolute Gasteiger partial charge is 0.129 e. The number of pyridine rings is 1. The Bertz CT molecular complexity index is 366. The number of piperidine rings is 1. The van der Waals surface area contributed by atoms with Crippen molar-refractivity contribution in [3.8, 4) is 0 Å². The van der Waals surface area contributed by atoms with E-state index in [1.165, 1.54) is 25.1 Å². The fourth-order valence-corrected chi connectivity index (χ4v) is 2.98. The summed E-state index contributed by atoms with van der Waals surface area (Å²) in [6.07, 6.45) is 3.26. The SMILES string of the molecule is CN1CC2CC(C1)N2Cc1ccc(Cl)nc1. The predicted octanol–water partition coefficient (Wildman–Crippen LogP) is 1.62. The number of hydrogen-bond donors (Lipinski definition) is 0. The summed E-state index contributed by atoms with van der Waals surface area (Å²) in [4.78, 5) is 9.14. The maximum absolute atomic E-state index is 5.78. The second-order valence-electron chi connectivity index (χ2n) is 4.93. The minimum absolute atomic E-state index is 0.576. The van der Waals surface area contributed by atoms with E-state index in [9.17, 15) is 0 Å². The van der Waals surface area contributed by atoms with Crippen molar-refractivity contribution >= 4 is 11.6 Å². The largest absolute Gasteiger partial charge is 0.303 e. The number of piperazine rings is 1. The van der Waals surface area contributed by atoms with E-state index in [1.807, 2.05) is 12.3 Å². The molecular weight excluding hydrogens is 222 g/mol. The summed E-state index contributed by atoms with van der Waals surface area (Å²) in [5.74, 6) is 0. The van der Waals surface area contributed by atoms with E-state index in [2.05, 4.69) is 27.9 Å². The van der Waals surface area contributed by atoms with Gasteiger partial charge >= 0.3 is 0 Å². The van der Waals surface area contributed by atoms with E-state index in [4.69, 9.17) is 11.6 Å². The minimum Gasteiger partial charge on any atom is -0.303 e. The normalized spacial score (nSPS) is 30.1. The number of likely N-dealkylation sites (N-methyl/N-ethyl adjacent to an activating group) is 1. The third kappa shape index (κ3) is 1.83. The maximum Gasteiger partial charge on any atom is 0.129 e. The van der Waals surface area contributed by atoms with Gasteiger partial charge in [0.05, 0.1) is 0 Å².